The molecule has 0 spiro atoms. The quantitative estimate of drug-likeness (QED) is 0.663. The Hall–Kier alpha value is -2.60. The van der Waals surface area contributed by atoms with Gasteiger partial charge in [0.2, 0.25) is 0 Å². The minimum absolute atomic E-state index is 0.0876. The van der Waals surface area contributed by atoms with Crippen LogP contribution in [0, 0.1) is 0 Å². The number of halogens is 1. The fraction of sp³-hybridized carbons (Fsp3) is 0.200. The lowest BCUT2D eigenvalue weighted by atomic mass is 10.1. The third kappa shape index (κ3) is 5.20. The van der Waals surface area contributed by atoms with Crippen LogP contribution in [0.25, 0.3) is 0 Å². The van der Waals surface area contributed by atoms with E-state index in [4.69, 9.17) is 0 Å². The highest BCUT2D eigenvalue weighted by Gasteiger charge is 2.08. The van der Waals surface area contributed by atoms with Crippen LogP contribution in [-0.2, 0) is 19.6 Å². The molecule has 5 nitrogen and oxygen atoms in total. The molecule has 0 saturated carbocycles. The van der Waals surface area contributed by atoms with Gasteiger partial charge in [0.05, 0.1) is 6.33 Å². The molecule has 2 aromatic carbocycles. The average Bonchev–Trinajstić information content (AvgIpc) is 3.16. The summed E-state index contributed by atoms with van der Waals surface area (Å²) in [6.45, 7) is 1.88. The molecule has 1 N–H and O–H groups in total. The maximum absolute atomic E-state index is 12.3. The topological polar surface area (TPSA) is 50.2 Å². The Morgan fingerprint density at radius 2 is 1.73 bits per heavy atom. The van der Waals surface area contributed by atoms with Gasteiger partial charge in [0.15, 0.2) is 0 Å². The second kappa shape index (κ2) is 8.67. The second-order valence-electron chi connectivity index (χ2n) is 6.19. The van der Waals surface area contributed by atoms with Crippen molar-refractivity contribution in [3.63, 3.8) is 0 Å². The lowest BCUT2D eigenvalue weighted by Gasteiger charge is -2.18. The highest BCUT2D eigenvalue weighted by Crippen LogP contribution is 2.12. The third-order valence-electron chi connectivity index (χ3n) is 4.07. The van der Waals surface area contributed by atoms with Gasteiger partial charge in [-0.25, -0.2) is 9.78 Å². The van der Waals surface area contributed by atoms with Gasteiger partial charge in [0.25, 0.3) is 0 Å². The van der Waals surface area contributed by atoms with Gasteiger partial charge in [-0.3, -0.25) is 0 Å². The molecule has 134 valence electrons. The molecule has 0 aliphatic rings. The monoisotopic (exact) mass is 412 g/mol. The first kappa shape index (κ1) is 18.2. The highest BCUT2D eigenvalue weighted by molar-refractivity contribution is 9.10. The van der Waals surface area contributed by atoms with Crippen molar-refractivity contribution in [1.82, 2.24) is 19.8 Å². The number of aromatic nitrogens is 2. The van der Waals surface area contributed by atoms with E-state index in [0.717, 1.165) is 22.1 Å². The predicted molar refractivity (Wildman–Crippen MR) is 106 cm³/mol. The molecule has 1 heterocycles. The maximum atomic E-state index is 12.3. The van der Waals surface area contributed by atoms with Gasteiger partial charge in [-0.15, -0.1) is 0 Å². The number of nitrogens with zero attached hydrogens (tertiary/aromatic N) is 3. The van der Waals surface area contributed by atoms with Gasteiger partial charge >= 0.3 is 6.03 Å². The van der Waals surface area contributed by atoms with Crippen LogP contribution in [0.15, 0.2) is 71.7 Å². The smallest absolute Gasteiger partial charge is 0.317 e. The number of benzene rings is 2. The number of hydrogen-bond acceptors (Lipinski definition) is 2. The van der Waals surface area contributed by atoms with Crippen LogP contribution in [0.5, 0.6) is 0 Å². The molecule has 6 heteroatoms. The number of nitrogens with one attached hydrogen (secondary N) is 1. The van der Waals surface area contributed by atoms with E-state index in [2.05, 4.69) is 38.4 Å². The first-order valence-electron chi connectivity index (χ1n) is 8.37. The standard InChI is InChI=1S/C20H21BrN4O/c1-24(13-17-6-8-19(21)9-7-17)20(26)23-12-16-2-4-18(5-3-16)14-25-11-10-22-15-25/h2-11,15H,12-14H2,1H3,(H,23,26). The summed E-state index contributed by atoms with van der Waals surface area (Å²) in [4.78, 5) is 18.0. The van der Waals surface area contributed by atoms with Crippen LogP contribution >= 0.6 is 15.9 Å². The molecule has 0 bridgehead atoms. The van der Waals surface area contributed by atoms with Crippen LogP contribution in [0.4, 0.5) is 4.79 Å². The van der Waals surface area contributed by atoms with Gasteiger partial charge in [-0.05, 0) is 28.8 Å². The molecule has 0 aliphatic heterocycles. The number of carbonyl (C=O) groups excluding carboxylic acids is 1. The van der Waals surface area contributed by atoms with Crippen molar-refractivity contribution < 1.29 is 4.79 Å². The molecule has 2 amide bonds. The minimum Gasteiger partial charge on any atom is -0.334 e. The number of carbonyl (C=O) groups is 1. The van der Waals surface area contributed by atoms with Gasteiger partial charge < -0.3 is 14.8 Å². The van der Waals surface area contributed by atoms with Crippen molar-refractivity contribution in [2.75, 3.05) is 7.05 Å². The summed E-state index contributed by atoms with van der Waals surface area (Å²) in [5.41, 5.74) is 3.37. The minimum atomic E-state index is -0.0876. The molecular weight excluding hydrogens is 392 g/mol. The number of amides is 2. The van der Waals surface area contributed by atoms with Crippen LogP contribution < -0.4 is 5.32 Å². The molecule has 3 aromatic rings. The van der Waals surface area contributed by atoms with Gasteiger partial charge in [0.1, 0.15) is 0 Å². The molecule has 0 fully saturated rings. The molecule has 0 aliphatic carbocycles. The zero-order valence-corrected chi connectivity index (χ0v) is 16.2. The van der Waals surface area contributed by atoms with E-state index in [0.29, 0.717) is 13.1 Å². The van der Waals surface area contributed by atoms with Gasteiger partial charge in [-0.2, -0.15) is 0 Å². The number of imidazole rings is 1. The molecular formula is C20H21BrN4O. The first-order valence-corrected chi connectivity index (χ1v) is 9.16. The lowest BCUT2D eigenvalue weighted by Crippen LogP contribution is -2.36. The summed E-state index contributed by atoms with van der Waals surface area (Å²) >= 11 is 3.42. The van der Waals surface area contributed by atoms with E-state index in [9.17, 15) is 4.79 Å². The summed E-state index contributed by atoms with van der Waals surface area (Å²) < 4.78 is 3.05. The molecule has 26 heavy (non-hydrogen) atoms. The SMILES string of the molecule is CN(Cc1ccc(Br)cc1)C(=O)NCc1ccc(Cn2ccnc2)cc1. The number of hydrogen-bond donors (Lipinski definition) is 1. The fourth-order valence-corrected chi connectivity index (χ4v) is 2.87. The molecule has 0 unspecified atom stereocenters. The van der Waals surface area contributed by atoms with Crippen LogP contribution in [-0.4, -0.2) is 27.5 Å². The van der Waals surface area contributed by atoms with Crippen molar-refractivity contribution in [3.05, 3.63) is 88.4 Å². The fourth-order valence-electron chi connectivity index (χ4n) is 2.60. The van der Waals surface area contributed by atoms with E-state index >= 15 is 0 Å². The van der Waals surface area contributed by atoms with E-state index in [1.54, 1.807) is 24.5 Å². The number of rotatable bonds is 6. The van der Waals surface area contributed by atoms with Crippen LogP contribution in [0.3, 0.4) is 0 Å². The van der Waals surface area contributed by atoms with Crippen molar-refractivity contribution in [3.8, 4) is 0 Å². The molecule has 1 aromatic heterocycles. The molecule has 0 radical (unpaired) electrons. The van der Waals surface area contributed by atoms with E-state index in [-0.39, 0.29) is 6.03 Å². The second-order valence-corrected chi connectivity index (χ2v) is 7.11. The van der Waals surface area contributed by atoms with Crippen molar-refractivity contribution in [2.24, 2.45) is 0 Å². The summed E-state index contributed by atoms with van der Waals surface area (Å²) in [6, 6.07) is 16.1. The average molecular weight is 413 g/mol. The Morgan fingerprint density at radius 1 is 1.08 bits per heavy atom. The Kier molecular flexibility index (Phi) is 6.07. The normalized spacial score (nSPS) is 10.5. The Balaban J connectivity index is 1.48. The Morgan fingerprint density at radius 3 is 2.38 bits per heavy atom. The molecule has 0 saturated heterocycles. The van der Waals surface area contributed by atoms with E-state index in [1.807, 2.05) is 47.2 Å². The summed E-state index contributed by atoms with van der Waals surface area (Å²) in [5, 5.41) is 2.96. The number of urea groups is 1. The van der Waals surface area contributed by atoms with Crippen molar-refractivity contribution >= 4 is 22.0 Å². The largest absolute Gasteiger partial charge is 0.334 e. The zero-order chi connectivity index (χ0) is 18.4. The van der Waals surface area contributed by atoms with Crippen molar-refractivity contribution in [1.29, 1.82) is 0 Å². The van der Waals surface area contributed by atoms with Gasteiger partial charge in [0, 0.05) is 43.5 Å². The lowest BCUT2D eigenvalue weighted by molar-refractivity contribution is 0.206. The third-order valence-corrected chi connectivity index (χ3v) is 4.60. The molecule has 3 rings (SSSR count). The van der Waals surface area contributed by atoms with E-state index < -0.39 is 0 Å². The molecule has 0 atom stereocenters. The summed E-state index contributed by atoms with van der Waals surface area (Å²) in [7, 11) is 1.80. The van der Waals surface area contributed by atoms with E-state index in [1.165, 1.54) is 5.56 Å². The summed E-state index contributed by atoms with van der Waals surface area (Å²) in [5.74, 6) is 0. The summed E-state index contributed by atoms with van der Waals surface area (Å²) in [6.07, 6.45) is 5.51. The first-order chi connectivity index (χ1) is 12.6. The van der Waals surface area contributed by atoms with Crippen molar-refractivity contribution in [2.45, 2.75) is 19.6 Å². The van der Waals surface area contributed by atoms with Crippen LogP contribution in [0.2, 0.25) is 0 Å². The Labute approximate surface area is 161 Å². The zero-order valence-electron chi connectivity index (χ0n) is 14.6. The maximum Gasteiger partial charge on any atom is 0.317 e. The highest BCUT2D eigenvalue weighted by atomic mass is 79.9. The Bertz CT molecular complexity index is 829. The van der Waals surface area contributed by atoms with Crippen LogP contribution in [0.1, 0.15) is 16.7 Å². The van der Waals surface area contributed by atoms with Gasteiger partial charge in [-0.1, -0.05) is 52.3 Å². The predicted octanol–water partition coefficient (Wildman–Crippen LogP) is 4.04.